The lowest BCUT2D eigenvalue weighted by molar-refractivity contribution is 0.104. The van der Waals surface area contributed by atoms with Crippen LogP contribution in [-0.4, -0.2) is 5.78 Å². The summed E-state index contributed by atoms with van der Waals surface area (Å²) in [5.74, 6) is 0.508. The van der Waals surface area contributed by atoms with Crippen molar-refractivity contribution in [3.05, 3.63) is 135 Å². The molecule has 0 amide bonds. The Labute approximate surface area is 207 Å². The molecule has 0 saturated carbocycles. The zero-order valence-corrected chi connectivity index (χ0v) is 19.9. The highest BCUT2D eigenvalue weighted by Crippen LogP contribution is 2.37. The van der Waals surface area contributed by atoms with Crippen molar-refractivity contribution >= 4 is 46.8 Å². The van der Waals surface area contributed by atoms with Crippen LogP contribution in [0.15, 0.2) is 113 Å². The number of carbonyl (C=O) groups is 1. The number of thioether (sulfide) groups is 1. The van der Waals surface area contributed by atoms with E-state index in [1.165, 1.54) is 11.8 Å². The Morgan fingerprint density at radius 1 is 0.758 bits per heavy atom. The Morgan fingerprint density at radius 3 is 2.15 bits per heavy atom. The van der Waals surface area contributed by atoms with E-state index in [4.69, 9.17) is 27.9 Å². The number of benzene rings is 4. The SMILES string of the molecule is O=C(/C(=C\c1ccccc1OCc1ccccc1)Sc1ccccc1Cl)c1ccccc1Cl. The maximum Gasteiger partial charge on any atom is 0.201 e. The molecule has 33 heavy (non-hydrogen) atoms. The molecule has 4 aromatic rings. The van der Waals surface area contributed by atoms with Crippen LogP contribution in [0, 0.1) is 0 Å². The lowest BCUT2D eigenvalue weighted by atomic mass is 10.1. The third-order valence-corrected chi connectivity index (χ3v) is 6.71. The van der Waals surface area contributed by atoms with Crippen molar-refractivity contribution in [2.75, 3.05) is 0 Å². The van der Waals surface area contributed by atoms with Gasteiger partial charge in [0.1, 0.15) is 12.4 Å². The van der Waals surface area contributed by atoms with Crippen molar-refractivity contribution in [3.8, 4) is 5.75 Å². The largest absolute Gasteiger partial charge is 0.488 e. The van der Waals surface area contributed by atoms with E-state index in [0.717, 1.165) is 16.0 Å². The molecule has 0 aliphatic rings. The van der Waals surface area contributed by atoms with Crippen LogP contribution < -0.4 is 4.74 Å². The summed E-state index contributed by atoms with van der Waals surface area (Å²) in [5, 5.41) is 0.982. The predicted octanol–water partition coefficient (Wildman–Crippen LogP) is 8.59. The Bertz CT molecular complexity index is 1290. The molecular weight excluding hydrogens is 471 g/mol. The second-order valence-corrected chi connectivity index (χ2v) is 9.06. The summed E-state index contributed by atoms with van der Waals surface area (Å²) in [5.41, 5.74) is 2.30. The molecule has 0 saturated heterocycles. The molecule has 0 atom stereocenters. The lowest BCUT2D eigenvalue weighted by Crippen LogP contribution is -2.03. The van der Waals surface area contributed by atoms with E-state index in [1.54, 1.807) is 30.3 Å². The molecule has 5 heteroatoms. The van der Waals surface area contributed by atoms with Gasteiger partial charge in [-0.3, -0.25) is 4.79 Å². The first-order valence-corrected chi connectivity index (χ1v) is 11.9. The van der Waals surface area contributed by atoms with Gasteiger partial charge < -0.3 is 4.74 Å². The molecular formula is C28H20Cl2O2S. The van der Waals surface area contributed by atoms with Crippen LogP contribution in [0.2, 0.25) is 10.0 Å². The van der Waals surface area contributed by atoms with Crippen molar-refractivity contribution in [2.24, 2.45) is 0 Å². The van der Waals surface area contributed by atoms with Crippen LogP contribution in [0.1, 0.15) is 21.5 Å². The Balaban J connectivity index is 1.71. The van der Waals surface area contributed by atoms with Gasteiger partial charge in [-0.1, -0.05) is 108 Å². The van der Waals surface area contributed by atoms with Crippen LogP contribution >= 0.6 is 35.0 Å². The molecule has 0 spiro atoms. The molecule has 0 N–H and O–H groups in total. The molecule has 0 unspecified atom stereocenters. The number of allylic oxidation sites excluding steroid dienone is 1. The fourth-order valence-corrected chi connectivity index (χ4v) is 4.58. The van der Waals surface area contributed by atoms with Crippen LogP contribution in [0.25, 0.3) is 6.08 Å². The number of ether oxygens (including phenoxy) is 1. The number of ketones is 1. The predicted molar refractivity (Wildman–Crippen MR) is 138 cm³/mol. The van der Waals surface area contributed by atoms with Crippen molar-refractivity contribution in [1.29, 1.82) is 0 Å². The van der Waals surface area contributed by atoms with Gasteiger partial charge in [-0.15, -0.1) is 0 Å². The van der Waals surface area contributed by atoms with E-state index in [1.807, 2.05) is 78.9 Å². The molecule has 0 bridgehead atoms. The summed E-state index contributed by atoms with van der Waals surface area (Å²) in [6, 6.07) is 32.1. The molecule has 4 rings (SSSR count). The van der Waals surface area contributed by atoms with Crippen LogP contribution in [-0.2, 0) is 6.61 Å². The number of hydrogen-bond acceptors (Lipinski definition) is 3. The Morgan fingerprint density at radius 2 is 1.39 bits per heavy atom. The zero-order chi connectivity index (χ0) is 23.0. The van der Waals surface area contributed by atoms with E-state index in [0.29, 0.717) is 32.9 Å². The fourth-order valence-electron chi connectivity index (χ4n) is 3.17. The zero-order valence-electron chi connectivity index (χ0n) is 17.6. The van der Waals surface area contributed by atoms with E-state index in [-0.39, 0.29) is 5.78 Å². The molecule has 164 valence electrons. The quantitative estimate of drug-likeness (QED) is 0.140. The van der Waals surface area contributed by atoms with Crippen molar-refractivity contribution < 1.29 is 9.53 Å². The fraction of sp³-hybridized carbons (Fsp3) is 0.0357. The number of hydrogen-bond donors (Lipinski definition) is 0. The Hall–Kier alpha value is -2.98. The molecule has 0 aliphatic carbocycles. The van der Waals surface area contributed by atoms with Crippen molar-refractivity contribution in [2.45, 2.75) is 11.5 Å². The lowest BCUT2D eigenvalue weighted by Gasteiger charge is -2.12. The highest BCUT2D eigenvalue weighted by molar-refractivity contribution is 8.04. The number of carbonyl (C=O) groups excluding carboxylic acids is 1. The first-order valence-electron chi connectivity index (χ1n) is 10.3. The standard InChI is InChI=1S/C28H20Cl2O2S/c29-23-14-6-5-13-22(23)28(31)27(33-26-17-9-7-15-24(26)30)18-21-12-4-8-16-25(21)32-19-20-10-2-1-3-11-20/h1-18H,19H2/b27-18+. The van der Waals surface area contributed by atoms with E-state index in [2.05, 4.69) is 0 Å². The molecule has 0 aromatic heterocycles. The van der Waals surface area contributed by atoms with Crippen LogP contribution in [0.4, 0.5) is 0 Å². The molecule has 0 aliphatic heterocycles. The van der Waals surface area contributed by atoms with Gasteiger partial charge in [0.25, 0.3) is 0 Å². The third kappa shape index (κ3) is 6.08. The van der Waals surface area contributed by atoms with Crippen LogP contribution in [0.3, 0.4) is 0 Å². The topological polar surface area (TPSA) is 26.3 Å². The van der Waals surface area contributed by atoms with E-state index in [9.17, 15) is 4.79 Å². The van der Waals surface area contributed by atoms with Crippen molar-refractivity contribution in [1.82, 2.24) is 0 Å². The van der Waals surface area contributed by atoms with Crippen LogP contribution in [0.5, 0.6) is 5.75 Å². The van der Waals surface area contributed by atoms with E-state index < -0.39 is 0 Å². The van der Waals surface area contributed by atoms with E-state index >= 15 is 0 Å². The maximum atomic E-state index is 13.5. The number of halogens is 2. The average Bonchev–Trinajstić information content (AvgIpc) is 2.85. The molecule has 0 radical (unpaired) electrons. The third-order valence-electron chi connectivity index (χ3n) is 4.84. The second-order valence-electron chi connectivity index (χ2n) is 7.16. The van der Waals surface area contributed by atoms with Gasteiger partial charge in [-0.25, -0.2) is 0 Å². The number of para-hydroxylation sites is 1. The summed E-state index contributed by atoms with van der Waals surface area (Å²) >= 11 is 14.0. The summed E-state index contributed by atoms with van der Waals surface area (Å²) in [6.07, 6.45) is 1.83. The van der Waals surface area contributed by atoms with Gasteiger partial charge in [-0.05, 0) is 42.0 Å². The highest BCUT2D eigenvalue weighted by Gasteiger charge is 2.18. The first kappa shape index (κ1) is 23.2. The summed E-state index contributed by atoms with van der Waals surface area (Å²) < 4.78 is 6.09. The summed E-state index contributed by atoms with van der Waals surface area (Å²) in [6.45, 7) is 0.428. The normalized spacial score (nSPS) is 11.3. The van der Waals surface area contributed by atoms with Gasteiger partial charge in [0.15, 0.2) is 0 Å². The van der Waals surface area contributed by atoms with Gasteiger partial charge in [0.05, 0.1) is 15.0 Å². The summed E-state index contributed by atoms with van der Waals surface area (Å²) in [7, 11) is 0. The first-order chi connectivity index (χ1) is 16.1. The summed E-state index contributed by atoms with van der Waals surface area (Å²) in [4.78, 5) is 14.8. The highest BCUT2D eigenvalue weighted by atomic mass is 35.5. The van der Waals surface area contributed by atoms with Gasteiger partial charge >= 0.3 is 0 Å². The number of Topliss-reactive ketones (excluding diaryl/α,β-unsaturated/α-hetero) is 1. The Kier molecular flexibility index (Phi) is 7.90. The van der Waals surface area contributed by atoms with Crippen molar-refractivity contribution in [3.63, 3.8) is 0 Å². The molecule has 0 fully saturated rings. The average molecular weight is 491 g/mol. The monoisotopic (exact) mass is 490 g/mol. The maximum absolute atomic E-state index is 13.5. The minimum atomic E-state index is -0.177. The molecule has 2 nitrogen and oxygen atoms in total. The van der Waals surface area contributed by atoms with Gasteiger partial charge in [0, 0.05) is 16.0 Å². The van der Waals surface area contributed by atoms with Gasteiger partial charge in [-0.2, -0.15) is 0 Å². The van der Waals surface area contributed by atoms with Gasteiger partial charge in [0.2, 0.25) is 5.78 Å². The number of rotatable bonds is 8. The minimum Gasteiger partial charge on any atom is -0.488 e. The second kappa shape index (κ2) is 11.2. The smallest absolute Gasteiger partial charge is 0.201 e. The molecule has 4 aromatic carbocycles. The molecule has 0 heterocycles. The minimum absolute atomic E-state index is 0.177.